The molecule has 0 aromatic carbocycles. The fourth-order valence-corrected chi connectivity index (χ4v) is 1.81. The van der Waals surface area contributed by atoms with Gasteiger partial charge in [0, 0.05) is 12.4 Å². The molecule has 0 radical (unpaired) electrons. The highest BCUT2D eigenvalue weighted by Gasteiger charge is 2.63. The molecule has 2 aromatic heterocycles. The molecule has 2 aromatic rings. The van der Waals surface area contributed by atoms with Crippen LogP contribution >= 0.6 is 11.6 Å². The smallest absolute Gasteiger partial charge is 0.328 e. The Morgan fingerprint density at radius 2 is 1.88 bits per heavy atom. The molecule has 0 aliphatic heterocycles. The Bertz CT molecular complexity index is 799. The Morgan fingerprint density at radius 1 is 1.17 bits per heavy atom. The molecule has 0 spiro atoms. The van der Waals surface area contributed by atoms with Crippen LogP contribution in [0.25, 0.3) is 0 Å². The minimum atomic E-state index is -6.01. The molecule has 24 heavy (non-hydrogen) atoms. The minimum absolute atomic E-state index is 0.0503. The quantitative estimate of drug-likeness (QED) is 0.619. The van der Waals surface area contributed by atoms with E-state index >= 15 is 0 Å². The standard InChI is InChI=1S/C14H9ClF5N3O/c15-10-5-4-9(7-21-10)8-23-6-2-1-3-11(23)22-12(24)13(16,17)14(18,19)20/h1-7H,8H2. The van der Waals surface area contributed by atoms with Crippen LogP contribution in [0.4, 0.5) is 22.0 Å². The number of pyridine rings is 2. The maximum atomic E-state index is 13.0. The minimum Gasteiger partial charge on any atom is -0.328 e. The molecular weight excluding hydrogens is 357 g/mol. The molecule has 0 saturated carbocycles. The third-order valence-corrected chi connectivity index (χ3v) is 3.12. The fraction of sp³-hybridized carbons (Fsp3) is 0.214. The van der Waals surface area contributed by atoms with Crippen molar-refractivity contribution in [1.29, 1.82) is 0 Å². The number of halogens is 6. The number of carbonyl (C=O) groups excluding carboxylic acids is 1. The summed E-state index contributed by atoms with van der Waals surface area (Å²) in [6.07, 6.45) is -3.22. The van der Waals surface area contributed by atoms with E-state index in [1.165, 1.54) is 35.2 Å². The summed E-state index contributed by atoms with van der Waals surface area (Å²) >= 11 is 5.64. The molecule has 0 aliphatic rings. The van der Waals surface area contributed by atoms with E-state index in [0.717, 1.165) is 6.07 Å². The third-order valence-electron chi connectivity index (χ3n) is 2.90. The molecule has 0 N–H and O–H groups in total. The monoisotopic (exact) mass is 365 g/mol. The molecular formula is C14H9ClF5N3O. The van der Waals surface area contributed by atoms with E-state index in [-0.39, 0.29) is 17.2 Å². The van der Waals surface area contributed by atoms with Gasteiger partial charge in [0.15, 0.2) is 0 Å². The number of hydrogen-bond donors (Lipinski definition) is 0. The molecule has 0 bridgehead atoms. The lowest BCUT2D eigenvalue weighted by Crippen LogP contribution is -2.44. The number of amides is 1. The second kappa shape index (κ2) is 6.68. The Morgan fingerprint density at radius 3 is 2.46 bits per heavy atom. The second-order valence-electron chi connectivity index (χ2n) is 4.67. The van der Waals surface area contributed by atoms with Gasteiger partial charge >= 0.3 is 18.0 Å². The molecule has 128 valence electrons. The van der Waals surface area contributed by atoms with Crippen LogP contribution in [0.5, 0.6) is 0 Å². The topological polar surface area (TPSA) is 47.2 Å². The van der Waals surface area contributed by atoms with Crippen LogP contribution in [0.2, 0.25) is 5.15 Å². The lowest BCUT2D eigenvalue weighted by Gasteiger charge is -2.15. The summed E-state index contributed by atoms with van der Waals surface area (Å²) in [6, 6.07) is 7.09. The van der Waals surface area contributed by atoms with Gasteiger partial charge in [-0.1, -0.05) is 23.7 Å². The summed E-state index contributed by atoms with van der Waals surface area (Å²) in [6.45, 7) is 0.0503. The van der Waals surface area contributed by atoms with Crippen molar-refractivity contribution in [3.05, 3.63) is 58.9 Å². The second-order valence-corrected chi connectivity index (χ2v) is 5.05. The molecule has 0 saturated heterocycles. The number of aromatic nitrogens is 2. The fourth-order valence-electron chi connectivity index (χ4n) is 1.69. The van der Waals surface area contributed by atoms with Gasteiger partial charge in [0.2, 0.25) is 0 Å². The first-order valence-electron chi connectivity index (χ1n) is 6.41. The van der Waals surface area contributed by atoms with Crippen LogP contribution in [0.1, 0.15) is 5.56 Å². The zero-order valence-electron chi connectivity index (χ0n) is 11.8. The van der Waals surface area contributed by atoms with Gasteiger partial charge in [-0.25, -0.2) is 4.98 Å². The van der Waals surface area contributed by atoms with Crippen LogP contribution < -0.4 is 5.49 Å². The van der Waals surface area contributed by atoms with Gasteiger partial charge in [-0.05, 0) is 23.8 Å². The number of carbonyl (C=O) groups is 1. The normalized spacial score (nSPS) is 13.2. The van der Waals surface area contributed by atoms with Gasteiger partial charge in [-0.3, -0.25) is 4.79 Å². The van der Waals surface area contributed by atoms with Crippen molar-refractivity contribution in [2.75, 3.05) is 0 Å². The van der Waals surface area contributed by atoms with Gasteiger partial charge in [0.25, 0.3) is 0 Å². The van der Waals surface area contributed by atoms with Crippen molar-refractivity contribution in [1.82, 2.24) is 9.55 Å². The molecule has 4 nitrogen and oxygen atoms in total. The number of nitrogens with zero attached hydrogens (tertiary/aromatic N) is 3. The lowest BCUT2D eigenvalue weighted by molar-refractivity contribution is -0.268. The predicted molar refractivity (Wildman–Crippen MR) is 74.4 cm³/mol. The molecule has 0 atom stereocenters. The van der Waals surface area contributed by atoms with Crippen molar-refractivity contribution in [3.8, 4) is 0 Å². The molecule has 10 heteroatoms. The van der Waals surface area contributed by atoms with E-state index in [1.807, 2.05) is 0 Å². The average Bonchev–Trinajstić information content (AvgIpc) is 2.50. The Kier molecular flexibility index (Phi) is 5.02. The van der Waals surface area contributed by atoms with E-state index in [2.05, 4.69) is 9.98 Å². The van der Waals surface area contributed by atoms with E-state index < -0.39 is 18.0 Å². The van der Waals surface area contributed by atoms with Crippen molar-refractivity contribution in [2.45, 2.75) is 18.6 Å². The van der Waals surface area contributed by atoms with Crippen LogP contribution in [0.15, 0.2) is 47.7 Å². The van der Waals surface area contributed by atoms with Gasteiger partial charge in [0.05, 0.1) is 6.54 Å². The largest absolute Gasteiger partial charge is 0.463 e. The van der Waals surface area contributed by atoms with E-state index in [4.69, 9.17) is 11.6 Å². The van der Waals surface area contributed by atoms with E-state index in [9.17, 15) is 26.7 Å². The molecule has 0 fully saturated rings. The number of rotatable bonds is 3. The van der Waals surface area contributed by atoms with Crippen molar-refractivity contribution < 1.29 is 26.7 Å². The van der Waals surface area contributed by atoms with Gasteiger partial charge in [-0.15, -0.1) is 0 Å². The van der Waals surface area contributed by atoms with Crippen LogP contribution in [0, 0.1) is 0 Å². The van der Waals surface area contributed by atoms with Crippen LogP contribution in [-0.2, 0) is 11.3 Å². The summed E-state index contributed by atoms with van der Waals surface area (Å²) in [7, 11) is 0. The summed E-state index contributed by atoms with van der Waals surface area (Å²) in [5.74, 6) is -8.13. The van der Waals surface area contributed by atoms with Gasteiger partial charge in [0.1, 0.15) is 10.6 Å². The van der Waals surface area contributed by atoms with E-state index in [1.54, 1.807) is 6.07 Å². The van der Waals surface area contributed by atoms with Gasteiger partial charge in [-0.2, -0.15) is 26.9 Å². The summed E-state index contributed by atoms with van der Waals surface area (Å²) < 4.78 is 63.9. The van der Waals surface area contributed by atoms with Crippen LogP contribution in [-0.4, -0.2) is 27.6 Å². The average molecular weight is 366 g/mol. The van der Waals surface area contributed by atoms with Crippen molar-refractivity contribution >= 4 is 17.5 Å². The first kappa shape index (κ1) is 18.1. The molecule has 1 amide bonds. The maximum absolute atomic E-state index is 13.0. The van der Waals surface area contributed by atoms with E-state index in [0.29, 0.717) is 5.56 Å². The maximum Gasteiger partial charge on any atom is 0.463 e. The molecule has 2 heterocycles. The van der Waals surface area contributed by atoms with Crippen LogP contribution in [0.3, 0.4) is 0 Å². The van der Waals surface area contributed by atoms with Crippen molar-refractivity contribution in [3.63, 3.8) is 0 Å². The zero-order chi connectivity index (χ0) is 18.0. The number of hydrogen-bond acceptors (Lipinski definition) is 2. The summed E-state index contributed by atoms with van der Waals surface area (Å²) in [5.41, 5.74) is 0.239. The Balaban J connectivity index is 2.38. The first-order chi connectivity index (χ1) is 11.1. The highest BCUT2D eigenvalue weighted by molar-refractivity contribution is 6.29. The lowest BCUT2D eigenvalue weighted by atomic mass is 10.3. The van der Waals surface area contributed by atoms with Gasteiger partial charge < -0.3 is 4.57 Å². The third kappa shape index (κ3) is 3.97. The highest BCUT2D eigenvalue weighted by atomic mass is 35.5. The highest BCUT2D eigenvalue weighted by Crippen LogP contribution is 2.36. The Hall–Kier alpha value is -2.29. The van der Waals surface area contributed by atoms with Crippen molar-refractivity contribution in [2.24, 2.45) is 4.99 Å². The first-order valence-corrected chi connectivity index (χ1v) is 6.78. The molecule has 0 aliphatic carbocycles. The molecule has 0 unspecified atom stereocenters. The zero-order valence-corrected chi connectivity index (χ0v) is 12.5. The SMILES string of the molecule is O=C(N=c1ccccn1Cc1ccc(Cl)nc1)C(F)(F)C(F)(F)F. The Labute approximate surface area is 137 Å². The predicted octanol–water partition coefficient (Wildman–Crippen LogP) is 3.21. The summed E-state index contributed by atoms with van der Waals surface area (Å²) in [5, 5.41) is 0.238. The summed E-state index contributed by atoms with van der Waals surface area (Å²) in [4.78, 5) is 18.0. The molecule has 2 rings (SSSR count). The number of alkyl halides is 5.